The fourth-order valence-electron chi connectivity index (χ4n) is 6.03. The Morgan fingerprint density at radius 1 is 0.500 bits per heavy atom. The van der Waals surface area contributed by atoms with Crippen LogP contribution < -0.4 is 0 Å². The summed E-state index contributed by atoms with van der Waals surface area (Å²) in [7, 11) is 0. The van der Waals surface area contributed by atoms with Crippen molar-refractivity contribution in [1.29, 1.82) is 0 Å². The van der Waals surface area contributed by atoms with Crippen LogP contribution >= 0.6 is 0 Å². The maximum Gasteiger partial charge on any atom is 2.00 e. The molecule has 1 aliphatic rings. The molecular formula is C39H36N4Pt. The number of hydrogen-bond acceptors (Lipinski definition) is 2. The van der Waals surface area contributed by atoms with E-state index < -0.39 is 0 Å². The average Bonchev–Trinajstić information content (AvgIpc) is 3.69. The molecule has 4 nitrogen and oxygen atoms in total. The van der Waals surface area contributed by atoms with E-state index >= 15 is 0 Å². The van der Waals surface area contributed by atoms with Gasteiger partial charge < -0.3 is 9.13 Å². The van der Waals surface area contributed by atoms with E-state index in [0.29, 0.717) is 0 Å². The van der Waals surface area contributed by atoms with Gasteiger partial charge in [-0.15, -0.1) is 70.8 Å². The van der Waals surface area contributed by atoms with E-state index in [4.69, 9.17) is 9.97 Å². The second kappa shape index (κ2) is 10.9. The average molecular weight is 756 g/mol. The van der Waals surface area contributed by atoms with Crippen molar-refractivity contribution in [1.82, 2.24) is 19.1 Å². The molecule has 222 valence electrons. The minimum absolute atomic E-state index is 0. The summed E-state index contributed by atoms with van der Waals surface area (Å²) in [5.41, 5.74) is 7.15. The molecule has 0 fully saturated rings. The Kier molecular flexibility index (Phi) is 7.41. The van der Waals surface area contributed by atoms with Crippen LogP contribution in [-0.4, -0.2) is 19.1 Å². The predicted octanol–water partition coefficient (Wildman–Crippen LogP) is 8.88. The zero-order valence-electron chi connectivity index (χ0n) is 26.0. The number of nitrogens with zero attached hydrogens (tertiary/aromatic N) is 4. The summed E-state index contributed by atoms with van der Waals surface area (Å²) in [5, 5.41) is 0. The fraction of sp³-hybridized carbons (Fsp3) is 0.231. The maximum absolute atomic E-state index is 5.39. The zero-order chi connectivity index (χ0) is 30.0. The molecule has 2 aromatic heterocycles. The van der Waals surface area contributed by atoms with Crippen LogP contribution in [0.5, 0.6) is 0 Å². The van der Waals surface area contributed by atoms with E-state index in [1.807, 2.05) is 12.1 Å². The first-order chi connectivity index (χ1) is 20.6. The van der Waals surface area contributed by atoms with Gasteiger partial charge in [-0.05, 0) is 29.7 Å². The van der Waals surface area contributed by atoms with Crippen LogP contribution in [0.25, 0.3) is 34.2 Å². The van der Waals surface area contributed by atoms with E-state index in [1.54, 1.807) is 0 Å². The fourth-order valence-corrected chi connectivity index (χ4v) is 6.03. The molecule has 6 aromatic rings. The van der Waals surface area contributed by atoms with Gasteiger partial charge in [0.1, 0.15) is 0 Å². The molecule has 0 unspecified atom stereocenters. The zero-order valence-corrected chi connectivity index (χ0v) is 28.3. The molecule has 0 spiro atoms. The van der Waals surface area contributed by atoms with Crippen molar-refractivity contribution in [2.75, 3.05) is 0 Å². The Balaban J connectivity index is 0.00000343. The molecule has 0 radical (unpaired) electrons. The van der Waals surface area contributed by atoms with Crippen LogP contribution in [0.4, 0.5) is 0 Å². The standard InChI is InChI=1S/C39H36N4.Pt/c1-37(2)29-17-13-15-27(23-29)35-40-33(25-42(35)31-19-9-7-10-20-31)38(3,4)39(5,6)34-26-43(32-21-11-8-12-22-32)36(41-34)28-16-14-18-30(37)24-28;/h7-22,25-26H,1-6H3;/q-2;+2. The summed E-state index contributed by atoms with van der Waals surface area (Å²) >= 11 is 0. The number of hydrogen-bond donors (Lipinski definition) is 0. The van der Waals surface area contributed by atoms with Crippen LogP contribution in [0.1, 0.15) is 64.1 Å². The number of benzene rings is 4. The normalized spacial score (nSPS) is 15.9. The number of imidazole rings is 2. The van der Waals surface area contributed by atoms with Gasteiger partial charge in [0.25, 0.3) is 0 Å². The molecule has 0 saturated heterocycles. The Morgan fingerprint density at radius 2 is 0.886 bits per heavy atom. The molecule has 0 N–H and O–H groups in total. The van der Waals surface area contributed by atoms with Gasteiger partial charge >= 0.3 is 21.1 Å². The van der Waals surface area contributed by atoms with Gasteiger partial charge in [0.15, 0.2) is 0 Å². The summed E-state index contributed by atoms with van der Waals surface area (Å²) in [4.78, 5) is 10.8. The molecule has 0 atom stereocenters. The molecular weight excluding hydrogens is 720 g/mol. The monoisotopic (exact) mass is 755 g/mol. The van der Waals surface area contributed by atoms with Gasteiger partial charge in [-0.1, -0.05) is 77.9 Å². The van der Waals surface area contributed by atoms with Crippen LogP contribution in [0.15, 0.2) is 109 Å². The van der Waals surface area contributed by atoms with Gasteiger partial charge in [-0.25, -0.2) is 0 Å². The molecule has 4 aromatic carbocycles. The summed E-state index contributed by atoms with van der Waals surface area (Å²) in [5.74, 6) is 1.76. The van der Waals surface area contributed by atoms with Crippen molar-refractivity contribution in [2.24, 2.45) is 0 Å². The molecule has 0 saturated carbocycles. The first-order valence-electron chi connectivity index (χ1n) is 14.9. The van der Waals surface area contributed by atoms with Crippen LogP contribution in [0.2, 0.25) is 0 Å². The summed E-state index contributed by atoms with van der Waals surface area (Å²) < 4.78 is 4.42. The Hall–Kier alpha value is -4.01. The minimum Gasteiger partial charge on any atom is -0.340 e. The van der Waals surface area contributed by atoms with Crippen molar-refractivity contribution in [3.8, 4) is 34.2 Å². The molecule has 0 amide bonds. The van der Waals surface area contributed by atoms with Crippen molar-refractivity contribution < 1.29 is 21.1 Å². The van der Waals surface area contributed by atoms with Crippen LogP contribution in [-0.2, 0) is 37.3 Å². The minimum atomic E-state index is -0.377. The van der Waals surface area contributed by atoms with E-state index in [9.17, 15) is 0 Å². The SMILES string of the molecule is CC1(C)c2[c-]c(ccc2)-c2nc(cn2-c2ccccc2)C(C)(C)C(C)(C)c2cn(-c3ccccc3)c(n2)-c2[c-]c1ccc2.[Pt+2]. The van der Waals surface area contributed by atoms with Crippen molar-refractivity contribution in [2.45, 2.75) is 57.8 Å². The van der Waals surface area contributed by atoms with Gasteiger partial charge in [-0.3, -0.25) is 9.97 Å². The summed E-state index contributed by atoms with van der Waals surface area (Å²) in [6.07, 6.45) is 4.41. The first kappa shape index (κ1) is 30.0. The smallest absolute Gasteiger partial charge is 0.340 e. The predicted molar refractivity (Wildman–Crippen MR) is 174 cm³/mol. The topological polar surface area (TPSA) is 35.6 Å². The van der Waals surface area contributed by atoms with E-state index in [0.717, 1.165) is 56.7 Å². The van der Waals surface area contributed by atoms with Crippen molar-refractivity contribution in [3.63, 3.8) is 0 Å². The van der Waals surface area contributed by atoms with E-state index in [1.165, 1.54) is 0 Å². The second-order valence-corrected chi connectivity index (χ2v) is 13.1. The summed E-state index contributed by atoms with van der Waals surface area (Å²) in [6.45, 7) is 13.6. The number of fused-ring (bicyclic) bond motifs is 10. The number of para-hydroxylation sites is 2. The molecule has 8 bridgehead atoms. The number of rotatable bonds is 2. The third-order valence-electron chi connectivity index (χ3n) is 9.74. The quantitative estimate of drug-likeness (QED) is 0.166. The third-order valence-corrected chi connectivity index (χ3v) is 9.74. The molecule has 5 heteroatoms. The molecule has 1 aliphatic heterocycles. The van der Waals surface area contributed by atoms with Crippen molar-refractivity contribution in [3.05, 3.63) is 144 Å². The molecule has 0 aliphatic carbocycles. The van der Waals surface area contributed by atoms with Gasteiger partial charge in [-0.2, -0.15) is 0 Å². The van der Waals surface area contributed by atoms with Crippen LogP contribution in [0.3, 0.4) is 0 Å². The Labute approximate surface area is 275 Å². The van der Waals surface area contributed by atoms with Gasteiger partial charge in [0.05, 0.1) is 23.0 Å². The Bertz CT molecular complexity index is 1800. The van der Waals surface area contributed by atoms with Gasteiger partial charge in [0.2, 0.25) is 0 Å². The maximum atomic E-state index is 5.39. The Morgan fingerprint density at radius 3 is 1.27 bits per heavy atom. The molecule has 7 rings (SSSR count). The molecule has 3 heterocycles. The van der Waals surface area contributed by atoms with Gasteiger partial charge in [0, 0.05) is 34.6 Å². The second-order valence-electron chi connectivity index (χ2n) is 13.1. The number of aromatic nitrogens is 4. The van der Waals surface area contributed by atoms with E-state index in [2.05, 4.69) is 160 Å². The summed E-state index contributed by atoms with van der Waals surface area (Å²) in [6, 6.07) is 41.3. The third kappa shape index (κ3) is 4.72. The van der Waals surface area contributed by atoms with Crippen molar-refractivity contribution >= 4 is 0 Å². The van der Waals surface area contributed by atoms with E-state index in [-0.39, 0.29) is 37.3 Å². The first-order valence-corrected chi connectivity index (χ1v) is 14.9. The molecule has 44 heavy (non-hydrogen) atoms. The van der Waals surface area contributed by atoms with Crippen LogP contribution in [0, 0.1) is 12.1 Å². The largest absolute Gasteiger partial charge is 2.00 e.